The van der Waals surface area contributed by atoms with Crippen LogP contribution in [0.15, 0.2) is 12.7 Å². The molecule has 0 aromatic rings. The zero-order chi connectivity index (χ0) is 12.7. The van der Waals surface area contributed by atoms with Gasteiger partial charge in [0.15, 0.2) is 0 Å². The highest BCUT2D eigenvalue weighted by Gasteiger charge is 2.34. The van der Waals surface area contributed by atoms with E-state index in [1.165, 1.54) is 51.4 Å². The first-order valence-corrected chi connectivity index (χ1v) is 7.85. The Hall–Kier alpha value is -0.260. The van der Waals surface area contributed by atoms with Crippen molar-refractivity contribution in [3.05, 3.63) is 12.7 Å². The summed E-state index contributed by atoms with van der Waals surface area (Å²) in [5.41, 5.74) is 0. The SMILES string of the molecule is C=CCCCC1C(C)CCC(CCC)C1CC. The van der Waals surface area contributed by atoms with Crippen molar-refractivity contribution in [2.45, 2.75) is 72.1 Å². The maximum absolute atomic E-state index is 3.85. The number of rotatable bonds is 7. The monoisotopic (exact) mass is 236 g/mol. The lowest BCUT2D eigenvalue weighted by Crippen LogP contribution is -2.33. The topological polar surface area (TPSA) is 0 Å². The predicted octanol–water partition coefficient (Wildman–Crippen LogP) is 5.83. The molecule has 1 aliphatic carbocycles. The van der Waals surface area contributed by atoms with Crippen LogP contribution in [0.25, 0.3) is 0 Å². The molecule has 100 valence electrons. The van der Waals surface area contributed by atoms with Crippen LogP contribution in [0.2, 0.25) is 0 Å². The van der Waals surface area contributed by atoms with Crippen molar-refractivity contribution < 1.29 is 0 Å². The highest BCUT2D eigenvalue weighted by Crippen LogP contribution is 2.44. The standard InChI is InChI=1S/C17H32/c1-5-8-9-11-17-14(4)12-13-15(10-6-2)16(17)7-3/h5,14-17H,1,6-13H2,2-4H3. The summed E-state index contributed by atoms with van der Waals surface area (Å²) in [4.78, 5) is 0. The van der Waals surface area contributed by atoms with Crippen LogP contribution >= 0.6 is 0 Å². The quantitative estimate of drug-likeness (QED) is 0.385. The second-order valence-corrected chi connectivity index (χ2v) is 6.06. The molecule has 1 rings (SSSR count). The lowest BCUT2D eigenvalue weighted by atomic mass is 9.63. The third kappa shape index (κ3) is 4.16. The summed E-state index contributed by atoms with van der Waals surface area (Å²) in [6, 6.07) is 0. The number of unbranched alkanes of at least 4 members (excludes halogenated alkanes) is 1. The highest BCUT2D eigenvalue weighted by molar-refractivity contribution is 4.85. The average Bonchev–Trinajstić information content (AvgIpc) is 2.33. The second-order valence-electron chi connectivity index (χ2n) is 6.06. The number of allylic oxidation sites excluding steroid dienone is 1. The van der Waals surface area contributed by atoms with Crippen LogP contribution in [0.5, 0.6) is 0 Å². The zero-order valence-corrected chi connectivity index (χ0v) is 12.3. The zero-order valence-electron chi connectivity index (χ0n) is 12.3. The van der Waals surface area contributed by atoms with Gasteiger partial charge in [-0.1, -0.05) is 52.5 Å². The molecule has 0 radical (unpaired) electrons. The maximum atomic E-state index is 3.85. The minimum atomic E-state index is 0.956. The summed E-state index contributed by atoms with van der Waals surface area (Å²) in [5, 5.41) is 0. The average molecular weight is 236 g/mol. The van der Waals surface area contributed by atoms with Crippen molar-refractivity contribution in [2.75, 3.05) is 0 Å². The van der Waals surface area contributed by atoms with Gasteiger partial charge in [-0.3, -0.25) is 0 Å². The summed E-state index contributed by atoms with van der Waals surface area (Å²) in [6.45, 7) is 11.1. The molecule has 0 aliphatic heterocycles. The molecule has 17 heavy (non-hydrogen) atoms. The van der Waals surface area contributed by atoms with Gasteiger partial charge in [0.25, 0.3) is 0 Å². The Bertz CT molecular complexity index is 206. The molecule has 0 spiro atoms. The molecule has 1 aliphatic rings. The number of hydrogen-bond acceptors (Lipinski definition) is 0. The molecule has 1 fully saturated rings. The Morgan fingerprint density at radius 2 is 1.88 bits per heavy atom. The fraction of sp³-hybridized carbons (Fsp3) is 0.882. The third-order valence-corrected chi connectivity index (χ3v) is 4.96. The first-order valence-electron chi connectivity index (χ1n) is 7.85. The summed E-state index contributed by atoms with van der Waals surface area (Å²) in [7, 11) is 0. The predicted molar refractivity (Wildman–Crippen MR) is 78.1 cm³/mol. The van der Waals surface area contributed by atoms with Gasteiger partial charge in [0.1, 0.15) is 0 Å². The second kappa shape index (κ2) is 7.95. The lowest BCUT2D eigenvalue weighted by molar-refractivity contribution is 0.0801. The van der Waals surface area contributed by atoms with Gasteiger partial charge in [-0.25, -0.2) is 0 Å². The molecule has 0 amide bonds. The van der Waals surface area contributed by atoms with Gasteiger partial charge in [0, 0.05) is 0 Å². The van der Waals surface area contributed by atoms with E-state index in [1.54, 1.807) is 0 Å². The van der Waals surface area contributed by atoms with Gasteiger partial charge in [0.05, 0.1) is 0 Å². The van der Waals surface area contributed by atoms with E-state index >= 15 is 0 Å². The lowest BCUT2D eigenvalue weighted by Gasteiger charge is -2.42. The number of hydrogen-bond donors (Lipinski definition) is 0. The van der Waals surface area contributed by atoms with Crippen LogP contribution in [0.1, 0.15) is 72.1 Å². The van der Waals surface area contributed by atoms with Gasteiger partial charge >= 0.3 is 0 Å². The normalized spacial score (nSPS) is 33.6. The van der Waals surface area contributed by atoms with Gasteiger partial charge < -0.3 is 0 Å². The van der Waals surface area contributed by atoms with Crippen LogP contribution in [0.4, 0.5) is 0 Å². The van der Waals surface area contributed by atoms with E-state index < -0.39 is 0 Å². The first kappa shape index (κ1) is 14.8. The minimum absolute atomic E-state index is 0.956. The van der Waals surface area contributed by atoms with E-state index in [0.29, 0.717) is 0 Å². The summed E-state index contributed by atoms with van der Waals surface area (Å²) < 4.78 is 0. The van der Waals surface area contributed by atoms with Gasteiger partial charge in [-0.05, 0) is 49.4 Å². The van der Waals surface area contributed by atoms with Crippen LogP contribution in [-0.2, 0) is 0 Å². The minimum Gasteiger partial charge on any atom is -0.103 e. The Balaban J connectivity index is 2.56. The largest absolute Gasteiger partial charge is 0.103 e. The molecular weight excluding hydrogens is 204 g/mol. The molecule has 0 saturated heterocycles. The molecule has 0 N–H and O–H groups in total. The molecule has 0 nitrogen and oxygen atoms in total. The van der Waals surface area contributed by atoms with Crippen molar-refractivity contribution in [1.29, 1.82) is 0 Å². The molecule has 4 atom stereocenters. The van der Waals surface area contributed by atoms with Crippen molar-refractivity contribution in [3.63, 3.8) is 0 Å². The van der Waals surface area contributed by atoms with Crippen molar-refractivity contribution in [1.82, 2.24) is 0 Å². The molecular formula is C17H32. The Morgan fingerprint density at radius 1 is 1.12 bits per heavy atom. The molecule has 0 heteroatoms. The first-order chi connectivity index (χ1) is 8.24. The van der Waals surface area contributed by atoms with Crippen molar-refractivity contribution in [3.8, 4) is 0 Å². The molecule has 0 heterocycles. The smallest absolute Gasteiger partial charge is 0.0353 e. The van der Waals surface area contributed by atoms with E-state index in [-0.39, 0.29) is 0 Å². The van der Waals surface area contributed by atoms with Crippen LogP contribution in [0, 0.1) is 23.7 Å². The van der Waals surface area contributed by atoms with E-state index in [0.717, 1.165) is 23.7 Å². The fourth-order valence-corrected chi connectivity index (χ4v) is 4.04. The van der Waals surface area contributed by atoms with E-state index in [1.807, 2.05) is 0 Å². The summed E-state index contributed by atoms with van der Waals surface area (Å²) in [6.07, 6.45) is 13.3. The van der Waals surface area contributed by atoms with E-state index in [2.05, 4.69) is 33.4 Å². The van der Waals surface area contributed by atoms with Crippen molar-refractivity contribution in [2.24, 2.45) is 23.7 Å². The van der Waals surface area contributed by atoms with E-state index in [9.17, 15) is 0 Å². The van der Waals surface area contributed by atoms with Gasteiger partial charge in [-0.15, -0.1) is 6.58 Å². The summed E-state index contributed by atoms with van der Waals surface area (Å²) in [5.74, 6) is 3.97. The van der Waals surface area contributed by atoms with Gasteiger partial charge in [0.2, 0.25) is 0 Å². The molecule has 4 unspecified atom stereocenters. The van der Waals surface area contributed by atoms with Crippen LogP contribution < -0.4 is 0 Å². The van der Waals surface area contributed by atoms with Gasteiger partial charge in [-0.2, -0.15) is 0 Å². The fourth-order valence-electron chi connectivity index (χ4n) is 4.04. The highest BCUT2D eigenvalue weighted by atomic mass is 14.4. The third-order valence-electron chi connectivity index (χ3n) is 4.96. The maximum Gasteiger partial charge on any atom is -0.0353 e. The Labute approximate surface area is 109 Å². The Morgan fingerprint density at radius 3 is 2.47 bits per heavy atom. The molecule has 0 bridgehead atoms. The van der Waals surface area contributed by atoms with Crippen molar-refractivity contribution >= 4 is 0 Å². The Kier molecular flexibility index (Phi) is 6.92. The summed E-state index contributed by atoms with van der Waals surface area (Å²) >= 11 is 0. The molecule has 0 aromatic heterocycles. The van der Waals surface area contributed by atoms with E-state index in [4.69, 9.17) is 0 Å². The van der Waals surface area contributed by atoms with Crippen LogP contribution in [-0.4, -0.2) is 0 Å². The molecule has 0 aromatic carbocycles. The van der Waals surface area contributed by atoms with Crippen LogP contribution in [0.3, 0.4) is 0 Å². The molecule has 1 saturated carbocycles.